The van der Waals surface area contributed by atoms with Gasteiger partial charge in [0.1, 0.15) is 5.82 Å². The zero-order chi connectivity index (χ0) is 21.4. The van der Waals surface area contributed by atoms with E-state index in [2.05, 4.69) is 11.4 Å². The molecule has 1 fully saturated rings. The molecule has 0 aliphatic carbocycles. The summed E-state index contributed by atoms with van der Waals surface area (Å²) in [7, 11) is -2.94. The molecule has 1 aliphatic rings. The highest BCUT2D eigenvalue weighted by Gasteiger charge is 2.27. The standard InChI is InChI=1S/C15H13FN2.C7H15NO2S/c1-11-8-14(7-6-12(11)9-17)18-10-13-4-2-3-5-15(13)16;1-7(2)11(9,10)8-5-3-4-6-8/h2-8,18H,10H2,1H3;7H,3-6H2,1-2H3. The van der Waals surface area contributed by atoms with Crippen molar-refractivity contribution in [2.24, 2.45) is 0 Å². The fourth-order valence-corrected chi connectivity index (χ4v) is 4.34. The monoisotopic (exact) mass is 417 g/mol. The number of hydrogen-bond donors (Lipinski definition) is 1. The van der Waals surface area contributed by atoms with Gasteiger partial charge in [0.15, 0.2) is 0 Å². The van der Waals surface area contributed by atoms with Crippen LogP contribution in [0, 0.1) is 24.1 Å². The summed E-state index contributed by atoms with van der Waals surface area (Å²) in [6, 6.07) is 14.3. The normalized spacial score (nSPS) is 14.2. The molecule has 2 aromatic rings. The zero-order valence-electron chi connectivity index (χ0n) is 17.2. The maximum Gasteiger partial charge on any atom is 0.216 e. The first kappa shape index (κ1) is 22.9. The Morgan fingerprint density at radius 2 is 1.83 bits per heavy atom. The molecule has 1 N–H and O–H groups in total. The van der Waals surface area contributed by atoms with Gasteiger partial charge in [-0.25, -0.2) is 17.1 Å². The van der Waals surface area contributed by atoms with E-state index >= 15 is 0 Å². The van der Waals surface area contributed by atoms with Crippen LogP contribution < -0.4 is 5.32 Å². The van der Waals surface area contributed by atoms with Crippen LogP contribution in [0.4, 0.5) is 10.1 Å². The Labute approximate surface area is 173 Å². The van der Waals surface area contributed by atoms with Gasteiger partial charge in [-0.3, -0.25) is 0 Å². The zero-order valence-corrected chi connectivity index (χ0v) is 18.0. The average molecular weight is 418 g/mol. The summed E-state index contributed by atoms with van der Waals surface area (Å²) in [6.07, 6.45) is 2.04. The molecular formula is C22H28FN3O2S. The lowest BCUT2D eigenvalue weighted by molar-refractivity contribution is 0.470. The Balaban J connectivity index is 0.000000234. The average Bonchev–Trinajstić information content (AvgIpc) is 3.23. The van der Waals surface area contributed by atoms with Crippen LogP contribution in [-0.2, 0) is 16.6 Å². The van der Waals surface area contributed by atoms with Crippen LogP contribution in [0.1, 0.15) is 43.4 Å². The molecule has 0 spiro atoms. The molecule has 29 heavy (non-hydrogen) atoms. The van der Waals surface area contributed by atoms with Gasteiger partial charge in [0, 0.05) is 30.9 Å². The van der Waals surface area contributed by atoms with Gasteiger partial charge in [-0.15, -0.1) is 0 Å². The second-order valence-corrected chi connectivity index (χ2v) is 9.78. The maximum absolute atomic E-state index is 13.4. The Kier molecular flexibility index (Phi) is 8.18. The molecule has 3 rings (SSSR count). The number of anilines is 1. The number of aryl methyl sites for hydroxylation is 1. The van der Waals surface area contributed by atoms with Crippen LogP contribution in [-0.4, -0.2) is 31.1 Å². The van der Waals surface area contributed by atoms with Crippen molar-refractivity contribution < 1.29 is 12.8 Å². The number of rotatable bonds is 5. The summed E-state index contributed by atoms with van der Waals surface area (Å²) in [5.74, 6) is -0.213. The Hall–Kier alpha value is -2.43. The molecule has 156 valence electrons. The first-order valence-electron chi connectivity index (χ1n) is 9.72. The number of benzene rings is 2. The Morgan fingerprint density at radius 1 is 1.17 bits per heavy atom. The van der Waals surface area contributed by atoms with E-state index in [9.17, 15) is 12.8 Å². The predicted octanol–water partition coefficient (Wildman–Crippen LogP) is 4.44. The third-order valence-corrected chi connectivity index (χ3v) is 7.08. The molecule has 2 aromatic carbocycles. The van der Waals surface area contributed by atoms with Gasteiger partial charge in [0.2, 0.25) is 10.0 Å². The van der Waals surface area contributed by atoms with Crippen LogP contribution in [0.2, 0.25) is 0 Å². The van der Waals surface area contributed by atoms with E-state index in [-0.39, 0.29) is 11.1 Å². The van der Waals surface area contributed by atoms with Crippen LogP contribution in [0.3, 0.4) is 0 Å². The van der Waals surface area contributed by atoms with E-state index in [4.69, 9.17) is 5.26 Å². The quantitative estimate of drug-likeness (QED) is 0.781. The van der Waals surface area contributed by atoms with Crippen molar-refractivity contribution in [2.75, 3.05) is 18.4 Å². The summed E-state index contributed by atoms with van der Waals surface area (Å²) >= 11 is 0. The molecule has 0 aromatic heterocycles. The fourth-order valence-electron chi connectivity index (χ4n) is 2.98. The molecular weight excluding hydrogens is 389 g/mol. The highest BCUT2D eigenvalue weighted by atomic mass is 32.2. The number of nitrogens with one attached hydrogen (secondary N) is 1. The SMILES string of the molecule is CC(C)S(=O)(=O)N1CCCC1.Cc1cc(NCc2ccccc2F)ccc1C#N. The third kappa shape index (κ3) is 6.28. The molecule has 0 saturated carbocycles. The van der Waals surface area contributed by atoms with E-state index in [0.717, 1.165) is 37.2 Å². The third-order valence-electron chi connectivity index (χ3n) is 4.81. The lowest BCUT2D eigenvalue weighted by atomic mass is 10.1. The predicted molar refractivity (Wildman–Crippen MR) is 114 cm³/mol. The van der Waals surface area contributed by atoms with Crippen molar-refractivity contribution in [1.29, 1.82) is 5.26 Å². The summed E-state index contributed by atoms with van der Waals surface area (Å²) in [6.45, 7) is 7.22. The second kappa shape index (κ2) is 10.4. The first-order valence-corrected chi connectivity index (χ1v) is 11.2. The number of nitrogens with zero attached hydrogens (tertiary/aromatic N) is 2. The highest BCUT2D eigenvalue weighted by Crippen LogP contribution is 2.17. The van der Waals surface area contributed by atoms with E-state index < -0.39 is 10.0 Å². The van der Waals surface area contributed by atoms with E-state index in [1.54, 1.807) is 36.4 Å². The van der Waals surface area contributed by atoms with Crippen molar-refractivity contribution in [3.05, 3.63) is 65.0 Å². The topological polar surface area (TPSA) is 73.2 Å². The number of halogens is 1. The summed E-state index contributed by atoms with van der Waals surface area (Å²) < 4.78 is 37.9. The minimum Gasteiger partial charge on any atom is -0.381 e. The number of nitriles is 1. The lowest BCUT2D eigenvalue weighted by Crippen LogP contribution is -2.33. The molecule has 0 atom stereocenters. The summed E-state index contributed by atoms with van der Waals surface area (Å²) in [4.78, 5) is 0. The Bertz CT molecular complexity index is 962. The molecule has 1 heterocycles. The second-order valence-electron chi connectivity index (χ2n) is 7.29. The highest BCUT2D eigenvalue weighted by molar-refractivity contribution is 7.89. The molecule has 0 amide bonds. The van der Waals surface area contributed by atoms with Gasteiger partial charge in [0.05, 0.1) is 16.9 Å². The van der Waals surface area contributed by atoms with Crippen LogP contribution in [0.5, 0.6) is 0 Å². The molecule has 1 saturated heterocycles. The van der Waals surface area contributed by atoms with Crippen LogP contribution in [0.25, 0.3) is 0 Å². The van der Waals surface area contributed by atoms with Crippen molar-refractivity contribution in [2.45, 2.75) is 45.4 Å². The number of sulfonamides is 1. The smallest absolute Gasteiger partial charge is 0.216 e. The van der Waals surface area contributed by atoms with Gasteiger partial charge >= 0.3 is 0 Å². The van der Waals surface area contributed by atoms with Gasteiger partial charge in [-0.05, 0) is 63.4 Å². The minimum absolute atomic E-state index is 0.213. The Morgan fingerprint density at radius 3 is 2.38 bits per heavy atom. The molecule has 0 unspecified atom stereocenters. The van der Waals surface area contributed by atoms with Gasteiger partial charge in [-0.2, -0.15) is 5.26 Å². The van der Waals surface area contributed by atoms with E-state index in [1.807, 2.05) is 25.1 Å². The molecule has 1 aliphatic heterocycles. The van der Waals surface area contributed by atoms with Crippen molar-refractivity contribution in [1.82, 2.24) is 4.31 Å². The van der Waals surface area contributed by atoms with Crippen molar-refractivity contribution in [3.8, 4) is 6.07 Å². The van der Waals surface area contributed by atoms with E-state index in [1.165, 1.54) is 6.07 Å². The number of hydrogen-bond acceptors (Lipinski definition) is 4. The summed E-state index contributed by atoms with van der Waals surface area (Å²) in [5, 5.41) is 11.7. The fraction of sp³-hybridized carbons (Fsp3) is 0.409. The van der Waals surface area contributed by atoms with Crippen molar-refractivity contribution in [3.63, 3.8) is 0 Å². The lowest BCUT2D eigenvalue weighted by Gasteiger charge is -2.17. The maximum atomic E-state index is 13.4. The van der Waals surface area contributed by atoms with Gasteiger partial charge < -0.3 is 5.32 Å². The van der Waals surface area contributed by atoms with E-state index in [0.29, 0.717) is 17.7 Å². The van der Waals surface area contributed by atoms with Gasteiger partial charge in [-0.1, -0.05) is 18.2 Å². The van der Waals surface area contributed by atoms with Gasteiger partial charge in [0.25, 0.3) is 0 Å². The van der Waals surface area contributed by atoms with Crippen LogP contribution in [0.15, 0.2) is 42.5 Å². The minimum atomic E-state index is -2.94. The largest absolute Gasteiger partial charge is 0.381 e. The molecule has 0 radical (unpaired) electrons. The summed E-state index contributed by atoms with van der Waals surface area (Å²) in [5.41, 5.74) is 3.08. The molecule has 0 bridgehead atoms. The van der Waals surface area contributed by atoms with Crippen molar-refractivity contribution >= 4 is 15.7 Å². The first-order chi connectivity index (χ1) is 13.8. The van der Waals surface area contributed by atoms with Crippen LogP contribution >= 0.6 is 0 Å². The molecule has 7 heteroatoms. The molecule has 5 nitrogen and oxygen atoms in total.